The summed E-state index contributed by atoms with van der Waals surface area (Å²) in [5.41, 5.74) is 3.38. The molecule has 0 aromatic heterocycles. The Morgan fingerprint density at radius 1 is 1.14 bits per heavy atom. The predicted octanol–water partition coefficient (Wildman–Crippen LogP) is 3.16. The Bertz CT molecular complexity index is 1050. The van der Waals surface area contributed by atoms with Crippen molar-refractivity contribution < 1.29 is 18.1 Å². The molecule has 0 bridgehead atoms. The van der Waals surface area contributed by atoms with Crippen molar-refractivity contribution in [1.82, 2.24) is 5.32 Å². The second kappa shape index (κ2) is 8.60. The summed E-state index contributed by atoms with van der Waals surface area (Å²) in [6, 6.07) is 9.50. The van der Waals surface area contributed by atoms with Gasteiger partial charge in [-0.15, -0.1) is 0 Å². The summed E-state index contributed by atoms with van der Waals surface area (Å²) in [7, 11) is -3.84. The maximum atomic E-state index is 12.6. The van der Waals surface area contributed by atoms with Crippen LogP contribution in [0.3, 0.4) is 0 Å². The van der Waals surface area contributed by atoms with Crippen molar-refractivity contribution in [2.75, 3.05) is 17.1 Å². The number of carbonyl (C=O) groups excluding carboxylic acids is 1. The average Bonchev–Trinajstić information content (AvgIpc) is 2.61. The molecule has 2 aromatic rings. The third-order valence-corrected chi connectivity index (χ3v) is 5.76. The van der Waals surface area contributed by atoms with E-state index in [9.17, 15) is 23.3 Å². The number of sulfonamides is 1. The molecule has 29 heavy (non-hydrogen) atoms. The van der Waals surface area contributed by atoms with Gasteiger partial charge in [0.05, 0.1) is 22.9 Å². The van der Waals surface area contributed by atoms with Gasteiger partial charge in [-0.2, -0.15) is 0 Å². The number of non-ortho nitro benzene ring substituents is 1. The highest BCUT2D eigenvalue weighted by atomic mass is 32.2. The first-order valence-corrected chi connectivity index (χ1v) is 10.8. The summed E-state index contributed by atoms with van der Waals surface area (Å²) < 4.78 is 25.6. The van der Waals surface area contributed by atoms with Crippen LogP contribution in [0.1, 0.15) is 35.2 Å². The van der Waals surface area contributed by atoms with Gasteiger partial charge in [-0.05, 0) is 44.4 Å². The Labute approximate surface area is 170 Å². The van der Waals surface area contributed by atoms with E-state index in [1.807, 2.05) is 39.0 Å². The van der Waals surface area contributed by atoms with Crippen LogP contribution >= 0.6 is 0 Å². The minimum Gasteiger partial charge on any atom is -0.348 e. The van der Waals surface area contributed by atoms with Crippen LogP contribution in [0.5, 0.6) is 0 Å². The van der Waals surface area contributed by atoms with Crippen molar-refractivity contribution in [3.63, 3.8) is 0 Å². The number of anilines is 1. The number of rotatable bonds is 7. The van der Waals surface area contributed by atoms with Gasteiger partial charge in [0.25, 0.3) is 5.69 Å². The van der Waals surface area contributed by atoms with E-state index in [0.29, 0.717) is 5.56 Å². The molecule has 0 fully saturated rings. The number of nitrogens with one attached hydrogen (secondary N) is 1. The van der Waals surface area contributed by atoms with Crippen LogP contribution in [0.15, 0.2) is 36.4 Å². The number of aryl methyl sites for hydroxylation is 3. The monoisotopic (exact) mass is 419 g/mol. The molecule has 8 nitrogen and oxygen atoms in total. The highest BCUT2D eigenvalue weighted by molar-refractivity contribution is 7.92. The smallest absolute Gasteiger partial charge is 0.271 e. The van der Waals surface area contributed by atoms with Gasteiger partial charge in [-0.3, -0.25) is 19.2 Å². The van der Waals surface area contributed by atoms with Crippen molar-refractivity contribution in [2.24, 2.45) is 0 Å². The molecule has 1 N–H and O–H groups in total. The topological polar surface area (TPSA) is 110 Å². The van der Waals surface area contributed by atoms with Gasteiger partial charge in [0.15, 0.2) is 0 Å². The zero-order chi connectivity index (χ0) is 21.9. The molecule has 0 spiro atoms. The SMILES string of the molecule is Cc1ccc(C)c([C@@H](C)NC(=O)CN(c2cc([N+](=O)[O-])ccc2C)S(C)(=O)=O)c1. The lowest BCUT2D eigenvalue weighted by Gasteiger charge is -2.25. The molecule has 0 unspecified atom stereocenters. The molecule has 1 amide bonds. The van der Waals surface area contributed by atoms with Crippen molar-refractivity contribution >= 4 is 27.3 Å². The number of benzene rings is 2. The summed E-state index contributed by atoms with van der Waals surface area (Å²) in [6.07, 6.45) is 0.965. The van der Waals surface area contributed by atoms with E-state index in [-0.39, 0.29) is 17.4 Å². The molecule has 0 aliphatic carbocycles. The number of carbonyl (C=O) groups is 1. The summed E-state index contributed by atoms with van der Waals surface area (Å²) in [4.78, 5) is 23.1. The second-order valence-corrected chi connectivity index (χ2v) is 9.05. The Balaban J connectivity index is 2.30. The van der Waals surface area contributed by atoms with Gasteiger partial charge >= 0.3 is 0 Å². The molecule has 9 heteroatoms. The van der Waals surface area contributed by atoms with E-state index < -0.39 is 27.4 Å². The lowest BCUT2D eigenvalue weighted by Crippen LogP contribution is -2.41. The molecule has 2 rings (SSSR count). The third kappa shape index (κ3) is 5.54. The largest absolute Gasteiger partial charge is 0.348 e. The normalized spacial score (nSPS) is 12.3. The summed E-state index contributed by atoms with van der Waals surface area (Å²) in [5, 5.41) is 13.9. The Morgan fingerprint density at radius 3 is 2.34 bits per heavy atom. The van der Waals surface area contributed by atoms with Gasteiger partial charge in [0, 0.05) is 12.1 Å². The van der Waals surface area contributed by atoms with Crippen LogP contribution in [-0.2, 0) is 14.8 Å². The number of hydrogen-bond acceptors (Lipinski definition) is 5. The van der Waals surface area contributed by atoms with E-state index in [1.165, 1.54) is 12.1 Å². The standard InChI is InChI=1S/C20H25N3O5S/c1-13-6-7-14(2)18(10-13)16(4)21-20(24)12-22(29(5,27)28)19-11-17(23(25)26)9-8-15(19)3/h6-11,16H,12H2,1-5H3,(H,21,24)/t16-/m1/s1. The molecule has 0 radical (unpaired) electrons. The van der Waals surface area contributed by atoms with Gasteiger partial charge in [0.1, 0.15) is 6.54 Å². The van der Waals surface area contributed by atoms with E-state index >= 15 is 0 Å². The first-order valence-electron chi connectivity index (χ1n) is 8.99. The second-order valence-electron chi connectivity index (χ2n) is 7.15. The Hall–Kier alpha value is -2.94. The van der Waals surface area contributed by atoms with Crippen LogP contribution in [0.25, 0.3) is 0 Å². The minimum atomic E-state index is -3.84. The van der Waals surface area contributed by atoms with Crippen molar-refractivity contribution in [2.45, 2.75) is 33.7 Å². The molecular weight excluding hydrogens is 394 g/mol. The van der Waals surface area contributed by atoms with Crippen molar-refractivity contribution in [3.05, 3.63) is 68.8 Å². The zero-order valence-corrected chi connectivity index (χ0v) is 17.9. The zero-order valence-electron chi connectivity index (χ0n) is 17.1. The van der Waals surface area contributed by atoms with Crippen molar-refractivity contribution in [3.8, 4) is 0 Å². The number of nitro groups is 1. The van der Waals surface area contributed by atoms with Crippen LogP contribution in [0.4, 0.5) is 11.4 Å². The summed E-state index contributed by atoms with van der Waals surface area (Å²) in [5.74, 6) is -0.505. The molecule has 0 saturated heterocycles. The maximum absolute atomic E-state index is 12.6. The van der Waals surface area contributed by atoms with Gasteiger partial charge in [-0.1, -0.05) is 29.8 Å². The lowest BCUT2D eigenvalue weighted by molar-refractivity contribution is -0.384. The van der Waals surface area contributed by atoms with E-state index in [4.69, 9.17) is 0 Å². The fourth-order valence-electron chi connectivity index (χ4n) is 3.08. The molecule has 0 aliphatic heterocycles. The van der Waals surface area contributed by atoms with E-state index in [0.717, 1.165) is 33.3 Å². The average molecular weight is 420 g/mol. The molecule has 156 valence electrons. The highest BCUT2D eigenvalue weighted by Crippen LogP contribution is 2.27. The van der Waals surface area contributed by atoms with E-state index in [2.05, 4.69) is 5.32 Å². The van der Waals surface area contributed by atoms with Crippen LogP contribution in [0.2, 0.25) is 0 Å². The number of nitro benzene ring substituents is 1. The van der Waals surface area contributed by atoms with Crippen molar-refractivity contribution in [1.29, 1.82) is 0 Å². The number of amides is 1. The molecule has 0 saturated carbocycles. The van der Waals surface area contributed by atoms with Crippen LogP contribution in [-0.4, -0.2) is 32.0 Å². The van der Waals surface area contributed by atoms with Crippen LogP contribution < -0.4 is 9.62 Å². The van der Waals surface area contributed by atoms with Gasteiger partial charge < -0.3 is 5.32 Å². The Kier molecular flexibility index (Phi) is 6.63. The quantitative estimate of drug-likeness (QED) is 0.548. The summed E-state index contributed by atoms with van der Waals surface area (Å²) in [6.45, 7) is 6.87. The molecular formula is C20H25N3O5S. The highest BCUT2D eigenvalue weighted by Gasteiger charge is 2.25. The fraction of sp³-hybridized carbons (Fsp3) is 0.350. The molecule has 0 aliphatic rings. The van der Waals surface area contributed by atoms with Gasteiger partial charge in [0.2, 0.25) is 15.9 Å². The lowest BCUT2D eigenvalue weighted by atomic mass is 10.00. The van der Waals surface area contributed by atoms with Gasteiger partial charge in [-0.25, -0.2) is 8.42 Å². The first kappa shape index (κ1) is 22.4. The summed E-state index contributed by atoms with van der Waals surface area (Å²) >= 11 is 0. The molecule has 2 aromatic carbocycles. The van der Waals surface area contributed by atoms with Crippen LogP contribution in [0, 0.1) is 30.9 Å². The first-order chi connectivity index (χ1) is 13.4. The fourth-order valence-corrected chi connectivity index (χ4v) is 3.99. The maximum Gasteiger partial charge on any atom is 0.271 e. The number of nitrogens with zero attached hydrogens (tertiary/aromatic N) is 2. The third-order valence-electron chi connectivity index (χ3n) is 4.64. The number of hydrogen-bond donors (Lipinski definition) is 1. The Morgan fingerprint density at radius 2 is 1.76 bits per heavy atom. The minimum absolute atomic E-state index is 0.108. The molecule has 0 heterocycles. The van der Waals surface area contributed by atoms with E-state index in [1.54, 1.807) is 6.92 Å². The predicted molar refractivity (Wildman–Crippen MR) is 112 cm³/mol. The molecule has 1 atom stereocenters.